The van der Waals surface area contributed by atoms with E-state index in [0.717, 1.165) is 0 Å². The molecular formula is C9H6BrN3O2. The number of ether oxygens (including phenoxy) is 1. The second-order valence-corrected chi connectivity index (χ2v) is 3.59. The average Bonchev–Trinajstić information content (AvgIpc) is 2.28. The van der Waals surface area contributed by atoms with Crippen LogP contribution in [-0.2, 0) is 4.74 Å². The maximum Gasteiger partial charge on any atom is 0.358 e. The van der Waals surface area contributed by atoms with Gasteiger partial charge in [-0.05, 0) is 15.9 Å². The molecule has 0 aromatic carbocycles. The smallest absolute Gasteiger partial charge is 0.358 e. The van der Waals surface area contributed by atoms with Crippen molar-refractivity contribution >= 4 is 32.9 Å². The van der Waals surface area contributed by atoms with Crippen molar-refractivity contribution in [1.82, 2.24) is 15.0 Å². The fraction of sp³-hybridized carbons (Fsp3) is 0.111. The van der Waals surface area contributed by atoms with Crippen LogP contribution in [0.4, 0.5) is 0 Å². The third kappa shape index (κ3) is 1.80. The quantitative estimate of drug-likeness (QED) is 0.734. The summed E-state index contributed by atoms with van der Waals surface area (Å²) in [5, 5.41) is 0. The number of hydrogen-bond donors (Lipinski definition) is 0. The van der Waals surface area contributed by atoms with Gasteiger partial charge >= 0.3 is 5.97 Å². The fourth-order valence-corrected chi connectivity index (χ4v) is 1.52. The van der Waals surface area contributed by atoms with Gasteiger partial charge in [0.05, 0.1) is 24.0 Å². The predicted molar refractivity (Wildman–Crippen MR) is 56.4 cm³/mol. The van der Waals surface area contributed by atoms with Gasteiger partial charge in [0.15, 0.2) is 5.69 Å². The van der Waals surface area contributed by atoms with Crippen LogP contribution < -0.4 is 0 Å². The van der Waals surface area contributed by atoms with Crippen molar-refractivity contribution in [3.05, 3.63) is 28.8 Å². The Hall–Kier alpha value is -1.56. The summed E-state index contributed by atoms with van der Waals surface area (Å²) in [7, 11) is 1.30. The van der Waals surface area contributed by atoms with Gasteiger partial charge in [-0.1, -0.05) is 0 Å². The molecule has 2 aromatic heterocycles. The van der Waals surface area contributed by atoms with Crippen LogP contribution >= 0.6 is 15.9 Å². The zero-order chi connectivity index (χ0) is 10.8. The monoisotopic (exact) mass is 267 g/mol. The Balaban J connectivity index is 2.64. The van der Waals surface area contributed by atoms with E-state index in [1.165, 1.54) is 13.3 Å². The van der Waals surface area contributed by atoms with Gasteiger partial charge < -0.3 is 4.74 Å². The molecule has 0 saturated carbocycles. The van der Waals surface area contributed by atoms with Gasteiger partial charge in [0.25, 0.3) is 0 Å². The first-order chi connectivity index (χ1) is 7.22. The highest BCUT2D eigenvalue weighted by Gasteiger charge is 2.10. The summed E-state index contributed by atoms with van der Waals surface area (Å²) < 4.78 is 5.25. The van der Waals surface area contributed by atoms with Crippen LogP contribution in [-0.4, -0.2) is 28.0 Å². The minimum atomic E-state index is -0.506. The Morgan fingerprint density at radius 1 is 1.40 bits per heavy atom. The van der Waals surface area contributed by atoms with Crippen molar-refractivity contribution in [2.24, 2.45) is 0 Å². The van der Waals surface area contributed by atoms with Crippen molar-refractivity contribution in [3.8, 4) is 0 Å². The van der Waals surface area contributed by atoms with Gasteiger partial charge in [0, 0.05) is 6.20 Å². The van der Waals surface area contributed by atoms with Crippen LogP contribution in [0, 0.1) is 0 Å². The van der Waals surface area contributed by atoms with Gasteiger partial charge in [0.2, 0.25) is 0 Å². The number of halogens is 1. The van der Waals surface area contributed by atoms with E-state index in [0.29, 0.717) is 15.5 Å². The van der Waals surface area contributed by atoms with Crippen LogP contribution in [0.5, 0.6) is 0 Å². The number of methoxy groups -OCH3 is 1. The van der Waals surface area contributed by atoms with Crippen LogP contribution in [0.25, 0.3) is 11.0 Å². The number of carbonyl (C=O) groups is 1. The van der Waals surface area contributed by atoms with E-state index in [2.05, 4.69) is 35.6 Å². The molecule has 2 aromatic rings. The highest BCUT2D eigenvalue weighted by Crippen LogP contribution is 2.18. The minimum absolute atomic E-state index is 0.178. The second-order valence-electron chi connectivity index (χ2n) is 2.74. The maximum absolute atomic E-state index is 11.2. The topological polar surface area (TPSA) is 65.0 Å². The van der Waals surface area contributed by atoms with Crippen molar-refractivity contribution in [2.75, 3.05) is 7.11 Å². The molecule has 2 heterocycles. The Bertz CT molecular complexity index is 530. The minimum Gasteiger partial charge on any atom is -0.464 e. The molecule has 0 amide bonds. The molecule has 0 saturated heterocycles. The summed E-state index contributed by atoms with van der Waals surface area (Å²) in [6, 6.07) is 0. The highest BCUT2D eigenvalue weighted by molar-refractivity contribution is 9.10. The molecule has 0 atom stereocenters. The lowest BCUT2D eigenvalue weighted by atomic mass is 10.3. The summed E-state index contributed by atoms with van der Waals surface area (Å²) in [5.41, 5.74) is 1.39. The molecule has 0 radical (unpaired) electrons. The molecule has 0 aliphatic heterocycles. The molecule has 76 valence electrons. The van der Waals surface area contributed by atoms with Crippen molar-refractivity contribution in [1.29, 1.82) is 0 Å². The number of hydrogen-bond acceptors (Lipinski definition) is 5. The number of carbonyl (C=O) groups excluding carboxylic acids is 1. The fourth-order valence-electron chi connectivity index (χ4n) is 1.11. The molecule has 0 N–H and O–H groups in total. The van der Waals surface area contributed by atoms with E-state index in [1.54, 1.807) is 12.4 Å². The lowest BCUT2D eigenvalue weighted by Gasteiger charge is -2.01. The molecule has 15 heavy (non-hydrogen) atoms. The van der Waals surface area contributed by atoms with Gasteiger partial charge in [-0.2, -0.15) is 0 Å². The molecule has 5 nitrogen and oxygen atoms in total. The van der Waals surface area contributed by atoms with E-state index in [4.69, 9.17) is 0 Å². The molecule has 0 spiro atoms. The Morgan fingerprint density at radius 2 is 2.20 bits per heavy atom. The SMILES string of the molecule is COC(=O)c1cnc2cncc(Br)c2n1. The summed E-state index contributed by atoms with van der Waals surface area (Å²) >= 11 is 3.28. The Labute approximate surface area is 93.6 Å². The number of rotatable bonds is 1. The van der Waals surface area contributed by atoms with E-state index in [-0.39, 0.29) is 5.69 Å². The standard InChI is InChI=1S/C9H6BrN3O2/c1-15-9(14)7-4-12-6-3-11-2-5(10)8(6)13-7/h2-4H,1H3. The number of aromatic nitrogens is 3. The molecule has 0 fully saturated rings. The van der Waals surface area contributed by atoms with Gasteiger partial charge in [-0.3, -0.25) is 9.97 Å². The summed E-state index contributed by atoms with van der Waals surface area (Å²) in [4.78, 5) is 23.3. The van der Waals surface area contributed by atoms with E-state index >= 15 is 0 Å². The van der Waals surface area contributed by atoms with Gasteiger partial charge in [-0.15, -0.1) is 0 Å². The van der Waals surface area contributed by atoms with Crippen LogP contribution in [0.3, 0.4) is 0 Å². The van der Waals surface area contributed by atoms with Crippen LogP contribution in [0.1, 0.15) is 10.5 Å². The summed E-state index contributed by atoms with van der Waals surface area (Å²) in [5.74, 6) is -0.506. The zero-order valence-electron chi connectivity index (χ0n) is 7.77. The van der Waals surface area contributed by atoms with Crippen molar-refractivity contribution < 1.29 is 9.53 Å². The molecular weight excluding hydrogens is 262 g/mol. The molecule has 0 aliphatic rings. The lowest BCUT2D eigenvalue weighted by Crippen LogP contribution is -2.05. The molecule has 2 rings (SSSR count). The van der Waals surface area contributed by atoms with Gasteiger partial charge in [0.1, 0.15) is 11.0 Å². The molecule has 0 bridgehead atoms. The largest absolute Gasteiger partial charge is 0.464 e. The van der Waals surface area contributed by atoms with E-state index < -0.39 is 5.97 Å². The van der Waals surface area contributed by atoms with Crippen LogP contribution in [0.15, 0.2) is 23.1 Å². The highest BCUT2D eigenvalue weighted by atomic mass is 79.9. The first-order valence-corrected chi connectivity index (χ1v) is 4.86. The third-order valence-corrected chi connectivity index (χ3v) is 2.39. The molecule has 0 aliphatic carbocycles. The number of nitrogens with zero attached hydrogens (tertiary/aromatic N) is 3. The first-order valence-electron chi connectivity index (χ1n) is 4.07. The molecule has 6 heteroatoms. The number of esters is 1. The second kappa shape index (κ2) is 3.90. The first kappa shape index (κ1) is 9.97. The third-order valence-electron chi connectivity index (χ3n) is 1.81. The predicted octanol–water partition coefficient (Wildman–Crippen LogP) is 1.57. The van der Waals surface area contributed by atoms with E-state index in [1.807, 2.05) is 0 Å². The number of fused-ring (bicyclic) bond motifs is 1. The average molecular weight is 268 g/mol. The lowest BCUT2D eigenvalue weighted by molar-refractivity contribution is 0.0594. The Morgan fingerprint density at radius 3 is 2.93 bits per heavy atom. The summed E-state index contributed by atoms with van der Waals surface area (Å²) in [6.45, 7) is 0. The normalized spacial score (nSPS) is 10.3. The zero-order valence-corrected chi connectivity index (χ0v) is 9.35. The molecule has 0 unspecified atom stereocenters. The van der Waals surface area contributed by atoms with Gasteiger partial charge in [-0.25, -0.2) is 9.78 Å². The number of pyridine rings is 1. The summed E-state index contributed by atoms with van der Waals surface area (Å²) in [6.07, 6.45) is 4.54. The van der Waals surface area contributed by atoms with Crippen molar-refractivity contribution in [2.45, 2.75) is 0 Å². The van der Waals surface area contributed by atoms with E-state index in [9.17, 15) is 4.79 Å². The maximum atomic E-state index is 11.2. The van der Waals surface area contributed by atoms with Crippen molar-refractivity contribution in [3.63, 3.8) is 0 Å². The van der Waals surface area contributed by atoms with Crippen LogP contribution in [0.2, 0.25) is 0 Å². The Kier molecular flexibility index (Phi) is 2.59.